The van der Waals surface area contributed by atoms with Crippen molar-refractivity contribution in [3.8, 4) is 5.75 Å². The first-order chi connectivity index (χ1) is 16.5. The highest BCUT2D eigenvalue weighted by Gasteiger charge is 2.41. The van der Waals surface area contributed by atoms with E-state index in [2.05, 4.69) is 5.32 Å². The van der Waals surface area contributed by atoms with Gasteiger partial charge in [-0.2, -0.15) is 0 Å². The van der Waals surface area contributed by atoms with Crippen LogP contribution in [0.15, 0.2) is 78.9 Å². The summed E-state index contributed by atoms with van der Waals surface area (Å²) >= 11 is 0. The number of hydrogen-bond donors (Lipinski definition) is 1. The van der Waals surface area contributed by atoms with E-state index in [1.807, 2.05) is 54.6 Å². The third-order valence-corrected chi connectivity index (χ3v) is 6.17. The molecule has 7 heteroatoms. The van der Waals surface area contributed by atoms with Gasteiger partial charge in [0.25, 0.3) is 5.91 Å². The highest BCUT2D eigenvalue weighted by Crippen LogP contribution is 2.37. The number of methoxy groups -OCH3 is 1. The molecule has 1 heterocycles. The fourth-order valence-electron chi connectivity index (χ4n) is 4.30. The first-order valence-corrected chi connectivity index (χ1v) is 11.2. The normalized spacial score (nSPS) is 14.8. The number of carbonyl (C=O) groups excluding carboxylic acids is 2. The zero-order valence-electron chi connectivity index (χ0n) is 19.0. The molecule has 1 saturated heterocycles. The first kappa shape index (κ1) is 23.3. The fraction of sp³-hybridized carbons (Fsp3) is 0.259. The van der Waals surface area contributed by atoms with Crippen molar-refractivity contribution in [1.29, 1.82) is 0 Å². The number of piperidine rings is 1. The van der Waals surface area contributed by atoms with Crippen LogP contribution in [0.1, 0.15) is 34.3 Å². The second-order valence-corrected chi connectivity index (χ2v) is 8.19. The molecule has 0 aliphatic carbocycles. The zero-order valence-corrected chi connectivity index (χ0v) is 19.0. The standard InChI is InChI=1S/C27H27FN2O4/c1-33-24-14-8-5-9-20(24)19-29-26(32)34-27(21-10-3-2-4-11-21)15-17-30(18-16-27)25(31)22-12-6-7-13-23(22)28/h2-14H,15-19H2,1H3,(H,29,32). The van der Waals surface area contributed by atoms with E-state index in [0.717, 1.165) is 11.1 Å². The molecule has 0 spiro atoms. The summed E-state index contributed by atoms with van der Waals surface area (Å²) in [4.78, 5) is 27.3. The average Bonchev–Trinajstić information content (AvgIpc) is 2.88. The van der Waals surface area contributed by atoms with Crippen molar-refractivity contribution < 1.29 is 23.5 Å². The van der Waals surface area contributed by atoms with Crippen LogP contribution in [0.25, 0.3) is 0 Å². The van der Waals surface area contributed by atoms with Crippen LogP contribution < -0.4 is 10.1 Å². The van der Waals surface area contributed by atoms with Gasteiger partial charge in [0.2, 0.25) is 0 Å². The maximum atomic E-state index is 14.1. The van der Waals surface area contributed by atoms with Crippen LogP contribution in [0.4, 0.5) is 9.18 Å². The number of halogens is 1. The molecule has 1 aliphatic rings. The zero-order chi connectivity index (χ0) is 24.0. The maximum absolute atomic E-state index is 14.1. The Kier molecular flexibility index (Phi) is 7.11. The van der Waals surface area contributed by atoms with E-state index in [1.54, 1.807) is 24.1 Å². The van der Waals surface area contributed by atoms with E-state index in [4.69, 9.17) is 9.47 Å². The summed E-state index contributed by atoms with van der Waals surface area (Å²) in [5.74, 6) is -0.222. The van der Waals surface area contributed by atoms with Crippen molar-refractivity contribution >= 4 is 12.0 Å². The molecule has 1 N–H and O–H groups in total. The molecular weight excluding hydrogens is 435 g/mol. The van der Waals surface area contributed by atoms with E-state index >= 15 is 0 Å². The second kappa shape index (κ2) is 10.4. The number of carbonyl (C=O) groups is 2. The summed E-state index contributed by atoms with van der Waals surface area (Å²) in [7, 11) is 1.58. The molecule has 1 fully saturated rings. The Labute approximate surface area is 198 Å². The van der Waals surface area contributed by atoms with Crippen LogP contribution in [0, 0.1) is 5.82 Å². The van der Waals surface area contributed by atoms with Crippen LogP contribution >= 0.6 is 0 Å². The largest absolute Gasteiger partial charge is 0.496 e. The van der Waals surface area contributed by atoms with Gasteiger partial charge in [-0.05, 0) is 23.8 Å². The fourth-order valence-corrected chi connectivity index (χ4v) is 4.30. The Bertz CT molecular complexity index is 1140. The Hall–Kier alpha value is -3.87. The van der Waals surface area contributed by atoms with Crippen LogP contribution in [0.2, 0.25) is 0 Å². The number of rotatable bonds is 6. The Morgan fingerprint density at radius 3 is 2.29 bits per heavy atom. The number of alkyl carbamates (subject to hydrolysis) is 1. The molecule has 3 aromatic rings. The summed E-state index contributed by atoms with van der Waals surface area (Å²) in [5.41, 5.74) is 0.852. The molecule has 0 saturated carbocycles. The van der Waals surface area contributed by atoms with Gasteiger partial charge in [-0.3, -0.25) is 4.79 Å². The van der Waals surface area contributed by atoms with Gasteiger partial charge in [-0.1, -0.05) is 60.7 Å². The molecular formula is C27H27FN2O4. The lowest BCUT2D eigenvalue weighted by atomic mass is 9.84. The quantitative estimate of drug-likeness (QED) is 0.566. The topological polar surface area (TPSA) is 67.9 Å². The highest BCUT2D eigenvalue weighted by atomic mass is 19.1. The lowest BCUT2D eigenvalue weighted by molar-refractivity contribution is -0.0359. The minimum absolute atomic E-state index is 0.0465. The van der Waals surface area contributed by atoms with Gasteiger partial charge in [0.05, 0.1) is 12.7 Å². The molecule has 176 valence electrons. The van der Waals surface area contributed by atoms with Crippen molar-refractivity contribution in [1.82, 2.24) is 10.2 Å². The van der Waals surface area contributed by atoms with Gasteiger partial charge in [0.1, 0.15) is 17.2 Å². The number of ether oxygens (including phenoxy) is 2. The van der Waals surface area contributed by atoms with Gasteiger partial charge in [0.15, 0.2) is 0 Å². The molecule has 3 aromatic carbocycles. The average molecular weight is 463 g/mol. The smallest absolute Gasteiger partial charge is 0.408 e. The summed E-state index contributed by atoms with van der Waals surface area (Å²) in [6.07, 6.45) is 0.252. The number of amides is 2. The molecule has 1 aliphatic heterocycles. The first-order valence-electron chi connectivity index (χ1n) is 11.2. The summed E-state index contributed by atoms with van der Waals surface area (Å²) in [5, 5.41) is 2.81. The van der Waals surface area contributed by atoms with E-state index in [0.29, 0.717) is 31.7 Å². The summed E-state index contributed by atoms with van der Waals surface area (Å²) in [6.45, 7) is 0.926. The maximum Gasteiger partial charge on any atom is 0.408 e. The van der Waals surface area contributed by atoms with Crippen LogP contribution in [0.5, 0.6) is 5.75 Å². The van der Waals surface area contributed by atoms with Gasteiger partial charge >= 0.3 is 6.09 Å². The van der Waals surface area contributed by atoms with Crippen LogP contribution in [0.3, 0.4) is 0 Å². The van der Waals surface area contributed by atoms with E-state index in [9.17, 15) is 14.0 Å². The van der Waals surface area contributed by atoms with Gasteiger partial charge in [0, 0.05) is 38.0 Å². The van der Waals surface area contributed by atoms with E-state index < -0.39 is 17.5 Å². The van der Waals surface area contributed by atoms with E-state index in [1.165, 1.54) is 12.1 Å². The predicted molar refractivity (Wildman–Crippen MR) is 126 cm³/mol. The van der Waals surface area contributed by atoms with Crippen molar-refractivity contribution in [2.24, 2.45) is 0 Å². The molecule has 0 bridgehead atoms. The third kappa shape index (κ3) is 5.03. The minimum Gasteiger partial charge on any atom is -0.496 e. The van der Waals surface area contributed by atoms with Crippen LogP contribution in [-0.2, 0) is 16.9 Å². The second-order valence-electron chi connectivity index (χ2n) is 8.19. The third-order valence-electron chi connectivity index (χ3n) is 6.17. The molecule has 0 radical (unpaired) electrons. The van der Waals surface area contributed by atoms with Gasteiger partial charge in [-0.25, -0.2) is 9.18 Å². The van der Waals surface area contributed by atoms with Crippen molar-refractivity contribution in [3.05, 3.63) is 101 Å². The van der Waals surface area contributed by atoms with Crippen molar-refractivity contribution in [2.45, 2.75) is 25.0 Å². The molecule has 0 aromatic heterocycles. The van der Waals surface area contributed by atoms with Gasteiger partial charge < -0.3 is 19.7 Å². The minimum atomic E-state index is -0.891. The molecule has 2 amide bonds. The highest BCUT2D eigenvalue weighted by molar-refractivity contribution is 5.94. The number of benzene rings is 3. The lowest BCUT2D eigenvalue weighted by Crippen LogP contribution is -2.48. The SMILES string of the molecule is COc1ccccc1CNC(=O)OC1(c2ccccc2)CCN(C(=O)c2ccccc2F)CC1. The van der Waals surface area contributed by atoms with Gasteiger partial charge in [-0.15, -0.1) is 0 Å². The Morgan fingerprint density at radius 2 is 1.59 bits per heavy atom. The monoisotopic (exact) mass is 462 g/mol. The summed E-state index contributed by atoms with van der Waals surface area (Å²) in [6, 6.07) is 22.9. The number of likely N-dealkylation sites (tertiary alicyclic amines) is 1. The Balaban J connectivity index is 1.47. The number of nitrogens with zero attached hydrogens (tertiary/aromatic N) is 1. The molecule has 0 unspecified atom stereocenters. The van der Waals surface area contributed by atoms with Crippen molar-refractivity contribution in [3.63, 3.8) is 0 Å². The van der Waals surface area contributed by atoms with E-state index in [-0.39, 0.29) is 18.0 Å². The number of para-hydroxylation sites is 1. The molecule has 4 rings (SSSR count). The van der Waals surface area contributed by atoms with Crippen molar-refractivity contribution in [2.75, 3.05) is 20.2 Å². The van der Waals surface area contributed by atoms with Crippen LogP contribution in [-0.4, -0.2) is 37.1 Å². The Morgan fingerprint density at radius 1 is 0.941 bits per heavy atom. The molecule has 6 nitrogen and oxygen atoms in total. The number of hydrogen-bond acceptors (Lipinski definition) is 4. The predicted octanol–water partition coefficient (Wildman–Crippen LogP) is 4.89. The lowest BCUT2D eigenvalue weighted by Gasteiger charge is -2.41. The molecule has 0 atom stereocenters. The number of nitrogens with one attached hydrogen (secondary N) is 1. The summed E-state index contributed by atoms with van der Waals surface area (Å²) < 4.78 is 25.5. The molecule has 34 heavy (non-hydrogen) atoms.